The molecule has 0 spiro atoms. The van der Waals surface area contributed by atoms with Crippen molar-refractivity contribution >= 4 is 11.6 Å². The molecule has 0 aliphatic heterocycles. The molecule has 0 aliphatic rings. The Morgan fingerprint density at radius 3 is 2.59 bits per heavy atom. The molecule has 0 saturated heterocycles. The summed E-state index contributed by atoms with van der Waals surface area (Å²) in [6.07, 6.45) is 3.08. The maximum atomic E-state index is 6.26. The van der Waals surface area contributed by atoms with Crippen LogP contribution in [0.4, 0.5) is 0 Å². The van der Waals surface area contributed by atoms with E-state index >= 15 is 0 Å². The van der Waals surface area contributed by atoms with E-state index in [0.717, 1.165) is 42.2 Å². The Morgan fingerprint density at radius 1 is 1.41 bits per heavy atom. The van der Waals surface area contributed by atoms with Gasteiger partial charge in [0.25, 0.3) is 0 Å². The number of rotatable bonds is 6. The molecular weight excluding hydrogens is 234 g/mol. The lowest BCUT2D eigenvalue weighted by molar-refractivity contribution is 0.448. The van der Waals surface area contributed by atoms with Gasteiger partial charge in [0.1, 0.15) is 0 Å². The van der Waals surface area contributed by atoms with Crippen LogP contribution < -0.4 is 5.73 Å². The molecule has 1 rings (SSSR count). The van der Waals surface area contributed by atoms with Gasteiger partial charge in [0.2, 0.25) is 0 Å². The third kappa shape index (κ3) is 3.71. The van der Waals surface area contributed by atoms with Gasteiger partial charge < -0.3 is 5.73 Å². The van der Waals surface area contributed by atoms with Gasteiger partial charge in [-0.1, -0.05) is 25.4 Å². The van der Waals surface area contributed by atoms with Gasteiger partial charge in [0.05, 0.1) is 16.4 Å². The van der Waals surface area contributed by atoms with Crippen LogP contribution in [-0.4, -0.2) is 15.8 Å². The van der Waals surface area contributed by atoms with E-state index in [1.165, 1.54) is 0 Å². The molecule has 2 N–H and O–H groups in total. The second kappa shape index (κ2) is 6.41. The highest BCUT2D eigenvalue weighted by Crippen LogP contribution is 2.22. The summed E-state index contributed by atoms with van der Waals surface area (Å²) in [5.41, 5.74) is 8.12. The average molecular weight is 258 g/mol. The Hall–Kier alpha value is -0.540. The van der Waals surface area contributed by atoms with Crippen LogP contribution in [0.2, 0.25) is 5.02 Å². The summed E-state index contributed by atoms with van der Waals surface area (Å²) in [4.78, 5) is 0. The monoisotopic (exact) mass is 257 g/mol. The highest BCUT2D eigenvalue weighted by molar-refractivity contribution is 6.31. The molecule has 1 aromatic rings. The Bertz CT molecular complexity index is 358. The first-order valence-electron chi connectivity index (χ1n) is 6.44. The van der Waals surface area contributed by atoms with Crippen LogP contribution in [0, 0.1) is 12.8 Å². The smallest absolute Gasteiger partial charge is 0.0847 e. The maximum Gasteiger partial charge on any atom is 0.0847 e. The van der Waals surface area contributed by atoms with Crippen LogP contribution in [0.5, 0.6) is 0 Å². The molecule has 0 aromatic carbocycles. The number of nitrogens with zero attached hydrogens (tertiary/aromatic N) is 2. The van der Waals surface area contributed by atoms with E-state index in [0.29, 0.717) is 5.92 Å². The highest BCUT2D eigenvalue weighted by Gasteiger charge is 2.13. The molecular formula is C13H24ClN3. The van der Waals surface area contributed by atoms with Gasteiger partial charge in [-0.15, -0.1) is 0 Å². The van der Waals surface area contributed by atoms with Gasteiger partial charge in [-0.25, -0.2) is 0 Å². The second-order valence-electron chi connectivity index (χ2n) is 4.96. The van der Waals surface area contributed by atoms with Crippen molar-refractivity contribution in [3.8, 4) is 0 Å². The molecule has 0 saturated carbocycles. The van der Waals surface area contributed by atoms with Crippen molar-refractivity contribution < 1.29 is 0 Å². The van der Waals surface area contributed by atoms with E-state index in [1.807, 2.05) is 11.6 Å². The van der Waals surface area contributed by atoms with Crippen LogP contribution in [0.15, 0.2) is 0 Å². The second-order valence-corrected chi connectivity index (χ2v) is 5.34. The molecule has 4 heteroatoms. The van der Waals surface area contributed by atoms with Crippen LogP contribution in [0.25, 0.3) is 0 Å². The van der Waals surface area contributed by atoms with Crippen molar-refractivity contribution in [2.24, 2.45) is 11.7 Å². The number of aryl methyl sites for hydroxylation is 2. The van der Waals surface area contributed by atoms with Crippen LogP contribution in [0.1, 0.15) is 45.0 Å². The highest BCUT2D eigenvalue weighted by atomic mass is 35.5. The first kappa shape index (κ1) is 14.5. The minimum atomic E-state index is 0.285. The van der Waals surface area contributed by atoms with E-state index in [-0.39, 0.29) is 6.04 Å². The minimum Gasteiger partial charge on any atom is -0.327 e. The molecule has 0 aliphatic carbocycles. The van der Waals surface area contributed by atoms with Crippen LogP contribution in [0.3, 0.4) is 0 Å². The van der Waals surface area contributed by atoms with E-state index in [9.17, 15) is 0 Å². The van der Waals surface area contributed by atoms with Gasteiger partial charge in [-0.05, 0) is 39.0 Å². The van der Waals surface area contributed by atoms with E-state index in [1.54, 1.807) is 0 Å². The summed E-state index contributed by atoms with van der Waals surface area (Å²) in [7, 11) is 0. The lowest BCUT2D eigenvalue weighted by Gasteiger charge is -2.15. The SMILES string of the molecule is CCn1nc(C)c(Cl)c1CCCC(N)C(C)C. The van der Waals surface area contributed by atoms with Gasteiger partial charge in [0.15, 0.2) is 0 Å². The van der Waals surface area contributed by atoms with Crippen molar-refractivity contribution in [1.29, 1.82) is 0 Å². The fraction of sp³-hybridized carbons (Fsp3) is 0.769. The van der Waals surface area contributed by atoms with Gasteiger partial charge in [0, 0.05) is 12.6 Å². The Kier molecular flexibility index (Phi) is 5.47. The van der Waals surface area contributed by atoms with Gasteiger partial charge >= 0.3 is 0 Å². The first-order valence-corrected chi connectivity index (χ1v) is 6.82. The molecule has 17 heavy (non-hydrogen) atoms. The van der Waals surface area contributed by atoms with Crippen molar-refractivity contribution in [3.63, 3.8) is 0 Å². The largest absolute Gasteiger partial charge is 0.327 e. The zero-order chi connectivity index (χ0) is 13.0. The molecule has 1 heterocycles. The molecule has 3 nitrogen and oxygen atoms in total. The standard InChI is InChI=1S/C13H24ClN3/c1-5-17-12(13(14)10(4)16-17)8-6-7-11(15)9(2)3/h9,11H,5-8,15H2,1-4H3. The van der Waals surface area contributed by atoms with Crippen molar-refractivity contribution in [3.05, 3.63) is 16.4 Å². The molecule has 0 radical (unpaired) electrons. The lowest BCUT2D eigenvalue weighted by Crippen LogP contribution is -2.26. The van der Waals surface area contributed by atoms with Crippen LogP contribution >= 0.6 is 11.6 Å². The number of nitrogens with two attached hydrogens (primary N) is 1. The molecule has 0 amide bonds. The van der Waals surface area contributed by atoms with E-state index in [2.05, 4.69) is 25.9 Å². The number of aromatic nitrogens is 2. The fourth-order valence-electron chi connectivity index (χ4n) is 1.95. The number of hydrogen-bond acceptors (Lipinski definition) is 2. The zero-order valence-corrected chi connectivity index (χ0v) is 12.1. The lowest BCUT2D eigenvalue weighted by atomic mass is 9.99. The molecule has 1 atom stereocenters. The van der Waals surface area contributed by atoms with E-state index < -0.39 is 0 Å². The summed E-state index contributed by atoms with van der Waals surface area (Å²) in [5, 5.41) is 5.24. The molecule has 1 unspecified atom stereocenters. The van der Waals surface area contributed by atoms with Gasteiger partial charge in [-0.2, -0.15) is 5.10 Å². The molecule has 1 aromatic heterocycles. The number of halogens is 1. The topological polar surface area (TPSA) is 43.8 Å². The minimum absolute atomic E-state index is 0.285. The summed E-state index contributed by atoms with van der Waals surface area (Å²) >= 11 is 6.26. The first-order chi connectivity index (χ1) is 7.97. The Balaban J connectivity index is 2.57. The quantitative estimate of drug-likeness (QED) is 0.851. The summed E-state index contributed by atoms with van der Waals surface area (Å²) in [6, 6.07) is 0.285. The third-order valence-corrected chi connectivity index (χ3v) is 3.75. The van der Waals surface area contributed by atoms with Crippen molar-refractivity contribution in [2.75, 3.05) is 0 Å². The Morgan fingerprint density at radius 2 is 2.06 bits per heavy atom. The molecule has 0 fully saturated rings. The maximum absolute atomic E-state index is 6.26. The summed E-state index contributed by atoms with van der Waals surface area (Å²) in [5.74, 6) is 0.545. The van der Waals surface area contributed by atoms with Crippen molar-refractivity contribution in [1.82, 2.24) is 9.78 Å². The normalized spacial score (nSPS) is 13.4. The third-order valence-electron chi connectivity index (χ3n) is 3.26. The van der Waals surface area contributed by atoms with Crippen molar-refractivity contribution in [2.45, 2.75) is 59.5 Å². The molecule has 98 valence electrons. The Labute approximate surface area is 109 Å². The zero-order valence-electron chi connectivity index (χ0n) is 11.3. The van der Waals surface area contributed by atoms with Crippen LogP contribution in [-0.2, 0) is 13.0 Å². The predicted octanol–water partition coefficient (Wildman–Crippen LogP) is 3.17. The molecule has 0 bridgehead atoms. The van der Waals surface area contributed by atoms with E-state index in [4.69, 9.17) is 17.3 Å². The average Bonchev–Trinajstić information content (AvgIpc) is 2.56. The summed E-state index contributed by atoms with van der Waals surface area (Å²) in [6.45, 7) is 9.25. The predicted molar refractivity (Wildman–Crippen MR) is 73.4 cm³/mol. The van der Waals surface area contributed by atoms with Gasteiger partial charge in [-0.3, -0.25) is 4.68 Å². The summed E-state index contributed by atoms with van der Waals surface area (Å²) < 4.78 is 2.00. The fourth-order valence-corrected chi connectivity index (χ4v) is 2.18. The number of hydrogen-bond donors (Lipinski definition) is 1.